The summed E-state index contributed by atoms with van der Waals surface area (Å²) in [6, 6.07) is 15.1. The largest absolute Gasteiger partial charge is 0.340 e. The molecule has 0 fully saturated rings. The molecule has 2 aromatic carbocycles. The smallest absolute Gasteiger partial charge is 0.261 e. The summed E-state index contributed by atoms with van der Waals surface area (Å²) in [7, 11) is 0. The van der Waals surface area contributed by atoms with E-state index in [-0.39, 0.29) is 5.78 Å². The van der Waals surface area contributed by atoms with Crippen molar-refractivity contribution in [3.8, 4) is 0 Å². The molecular formula is C18H18I2O3. The van der Waals surface area contributed by atoms with Crippen molar-refractivity contribution in [2.45, 2.75) is 19.6 Å². The summed E-state index contributed by atoms with van der Waals surface area (Å²) in [5.74, 6) is -1.58. The second-order valence-electron chi connectivity index (χ2n) is 4.83. The minimum absolute atomic E-state index is 0.182. The zero-order chi connectivity index (χ0) is 16.9. The Bertz CT molecular complexity index is 645. The lowest BCUT2D eigenvalue weighted by molar-refractivity contribution is -0.204. The van der Waals surface area contributed by atoms with Crippen molar-refractivity contribution in [1.29, 1.82) is 0 Å². The highest BCUT2D eigenvalue weighted by molar-refractivity contribution is 14.1. The van der Waals surface area contributed by atoms with Crippen LogP contribution in [0.1, 0.15) is 29.8 Å². The fourth-order valence-electron chi connectivity index (χ4n) is 2.34. The standard InChI is InChI=1S/C18H18I2O3/c1-3-22-18(23-4-2,14-7-11-16(20)12-8-14)17(21)13-5-9-15(19)10-6-13/h5-12H,3-4H2,1-2H3. The Labute approximate surface area is 164 Å². The highest BCUT2D eigenvalue weighted by atomic mass is 127. The third-order valence-electron chi connectivity index (χ3n) is 3.32. The predicted molar refractivity (Wildman–Crippen MR) is 108 cm³/mol. The van der Waals surface area contributed by atoms with Gasteiger partial charge in [0.25, 0.3) is 5.79 Å². The summed E-state index contributed by atoms with van der Waals surface area (Å²) < 4.78 is 13.9. The van der Waals surface area contributed by atoms with Crippen molar-refractivity contribution >= 4 is 51.0 Å². The average molecular weight is 536 g/mol. The number of rotatable bonds is 7. The third-order valence-corrected chi connectivity index (χ3v) is 4.76. The molecule has 0 atom stereocenters. The maximum atomic E-state index is 13.2. The van der Waals surface area contributed by atoms with Crippen molar-refractivity contribution < 1.29 is 14.3 Å². The zero-order valence-electron chi connectivity index (χ0n) is 13.0. The average Bonchev–Trinajstić information content (AvgIpc) is 2.55. The van der Waals surface area contributed by atoms with Gasteiger partial charge in [-0.2, -0.15) is 0 Å². The number of Topliss-reactive ketones (excluding diaryl/α,β-unsaturated/α-hetero) is 1. The van der Waals surface area contributed by atoms with Gasteiger partial charge in [-0.15, -0.1) is 0 Å². The molecule has 122 valence electrons. The minimum Gasteiger partial charge on any atom is -0.340 e. The lowest BCUT2D eigenvalue weighted by Crippen LogP contribution is -2.42. The molecule has 0 aliphatic heterocycles. The van der Waals surface area contributed by atoms with Crippen molar-refractivity contribution in [2.75, 3.05) is 13.2 Å². The van der Waals surface area contributed by atoms with Gasteiger partial charge < -0.3 is 9.47 Å². The van der Waals surface area contributed by atoms with E-state index in [2.05, 4.69) is 45.2 Å². The molecule has 0 bridgehead atoms. The summed E-state index contributed by atoms with van der Waals surface area (Å²) in [6.07, 6.45) is 0. The van der Waals surface area contributed by atoms with E-state index < -0.39 is 5.79 Å². The molecule has 0 aromatic heterocycles. The number of carbonyl (C=O) groups is 1. The van der Waals surface area contributed by atoms with Crippen LogP contribution in [0.2, 0.25) is 0 Å². The summed E-state index contributed by atoms with van der Waals surface area (Å²) in [5.41, 5.74) is 1.29. The molecule has 0 radical (unpaired) electrons. The van der Waals surface area contributed by atoms with Gasteiger partial charge in [0.1, 0.15) is 0 Å². The van der Waals surface area contributed by atoms with Crippen LogP contribution < -0.4 is 0 Å². The lowest BCUT2D eigenvalue weighted by atomic mass is 9.95. The molecule has 2 rings (SSSR count). The molecule has 23 heavy (non-hydrogen) atoms. The van der Waals surface area contributed by atoms with Crippen LogP contribution in [-0.2, 0) is 15.3 Å². The molecule has 0 aliphatic rings. The van der Waals surface area contributed by atoms with Crippen molar-refractivity contribution in [3.63, 3.8) is 0 Å². The van der Waals surface area contributed by atoms with E-state index in [1.54, 1.807) is 0 Å². The molecule has 0 saturated heterocycles. The van der Waals surface area contributed by atoms with Crippen LogP contribution >= 0.6 is 45.2 Å². The summed E-state index contributed by atoms with van der Waals surface area (Å²) in [6.45, 7) is 4.48. The van der Waals surface area contributed by atoms with Crippen LogP contribution in [0.5, 0.6) is 0 Å². The zero-order valence-corrected chi connectivity index (χ0v) is 17.3. The molecule has 3 nitrogen and oxygen atoms in total. The first-order valence-corrected chi connectivity index (χ1v) is 9.53. The number of hydrogen-bond acceptors (Lipinski definition) is 3. The lowest BCUT2D eigenvalue weighted by Gasteiger charge is -2.32. The Morgan fingerprint density at radius 3 is 1.74 bits per heavy atom. The summed E-state index contributed by atoms with van der Waals surface area (Å²) in [4.78, 5) is 13.2. The van der Waals surface area contributed by atoms with E-state index >= 15 is 0 Å². The Morgan fingerprint density at radius 2 is 1.30 bits per heavy atom. The van der Waals surface area contributed by atoms with E-state index in [9.17, 15) is 4.79 Å². The quantitative estimate of drug-likeness (QED) is 0.284. The molecular weight excluding hydrogens is 518 g/mol. The third kappa shape index (κ3) is 4.32. The van der Waals surface area contributed by atoms with Gasteiger partial charge in [0.15, 0.2) is 0 Å². The Kier molecular flexibility index (Phi) is 7.00. The molecule has 5 heteroatoms. The van der Waals surface area contributed by atoms with Crippen molar-refractivity contribution in [2.24, 2.45) is 0 Å². The molecule has 0 aliphatic carbocycles. The first kappa shape index (κ1) is 18.8. The second kappa shape index (κ2) is 8.55. The van der Waals surface area contributed by atoms with Crippen LogP contribution in [0.15, 0.2) is 48.5 Å². The van der Waals surface area contributed by atoms with E-state index in [0.29, 0.717) is 24.3 Å². The number of halogens is 2. The topological polar surface area (TPSA) is 35.5 Å². The van der Waals surface area contributed by atoms with Crippen LogP contribution in [0.25, 0.3) is 0 Å². The second-order valence-corrected chi connectivity index (χ2v) is 7.32. The van der Waals surface area contributed by atoms with Crippen LogP contribution in [0, 0.1) is 7.14 Å². The highest BCUT2D eigenvalue weighted by Crippen LogP contribution is 2.32. The van der Waals surface area contributed by atoms with Crippen LogP contribution in [0.4, 0.5) is 0 Å². The summed E-state index contributed by atoms with van der Waals surface area (Å²) >= 11 is 4.45. The fourth-order valence-corrected chi connectivity index (χ4v) is 3.06. The minimum atomic E-state index is -1.40. The number of ketones is 1. The monoisotopic (exact) mass is 536 g/mol. The van der Waals surface area contributed by atoms with E-state index in [1.807, 2.05) is 62.4 Å². The first-order chi connectivity index (χ1) is 11.0. The van der Waals surface area contributed by atoms with Gasteiger partial charge in [0.2, 0.25) is 5.78 Å². The Balaban J connectivity index is 2.53. The summed E-state index contributed by atoms with van der Waals surface area (Å²) in [5, 5.41) is 0. The normalized spacial score (nSPS) is 11.5. The predicted octanol–water partition coefficient (Wildman–Crippen LogP) is 5.00. The van der Waals surface area contributed by atoms with Gasteiger partial charge >= 0.3 is 0 Å². The van der Waals surface area contributed by atoms with E-state index in [4.69, 9.17) is 9.47 Å². The fraction of sp³-hybridized carbons (Fsp3) is 0.278. The van der Waals surface area contributed by atoms with Crippen molar-refractivity contribution in [1.82, 2.24) is 0 Å². The molecule has 0 saturated carbocycles. The van der Waals surface area contributed by atoms with Gasteiger partial charge in [-0.25, -0.2) is 0 Å². The highest BCUT2D eigenvalue weighted by Gasteiger charge is 2.42. The molecule has 0 heterocycles. The Hall–Kier alpha value is -0.510. The molecule has 0 amide bonds. The van der Waals surface area contributed by atoms with Crippen molar-refractivity contribution in [3.05, 3.63) is 66.8 Å². The number of benzene rings is 2. The first-order valence-electron chi connectivity index (χ1n) is 7.37. The van der Waals surface area contributed by atoms with Crippen LogP contribution in [0.3, 0.4) is 0 Å². The van der Waals surface area contributed by atoms with Gasteiger partial charge in [-0.3, -0.25) is 4.79 Å². The number of ether oxygens (including phenoxy) is 2. The van der Waals surface area contributed by atoms with Gasteiger partial charge in [0.05, 0.1) is 0 Å². The van der Waals surface area contributed by atoms with Gasteiger partial charge in [-0.1, -0.05) is 24.3 Å². The van der Waals surface area contributed by atoms with E-state index in [1.165, 1.54) is 0 Å². The number of hydrogen-bond donors (Lipinski definition) is 0. The Morgan fingerprint density at radius 1 is 0.870 bits per heavy atom. The number of carbonyl (C=O) groups excluding carboxylic acids is 1. The maximum absolute atomic E-state index is 13.2. The maximum Gasteiger partial charge on any atom is 0.261 e. The molecule has 0 N–H and O–H groups in total. The van der Waals surface area contributed by atoms with E-state index in [0.717, 1.165) is 7.14 Å². The molecule has 0 unspecified atom stereocenters. The molecule has 0 spiro atoms. The van der Waals surface area contributed by atoms with Gasteiger partial charge in [-0.05, 0) is 83.3 Å². The SMILES string of the molecule is CCOC(OCC)(C(=O)c1ccc(I)cc1)c1ccc(I)cc1. The van der Waals surface area contributed by atoms with Crippen LogP contribution in [-0.4, -0.2) is 19.0 Å². The van der Waals surface area contributed by atoms with Gasteiger partial charge in [0, 0.05) is 31.5 Å². The molecule has 2 aromatic rings.